The van der Waals surface area contributed by atoms with E-state index in [4.69, 9.17) is 9.79 Å². The van der Waals surface area contributed by atoms with Crippen LogP contribution in [0.1, 0.15) is 12.6 Å². The fraction of sp³-hybridized carbons (Fsp3) is 0.286. The maximum Gasteiger partial charge on any atom is 0.374 e. The number of nitrogens with zero attached hydrogens (tertiary/aromatic N) is 1. The lowest BCUT2D eigenvalue weighted by Crippen LogP contribution is -2.10. The van der Waals surface area contributed by atoms with Crippen LogP contribution in [0.3, 0.4) is 0 Å². The van der Waals surface area contributed by atoms with Crippen molar-refractivity contribution in [3.63, 3.8) is 0 Å². The molecule has 2 N–H and O–H groups in total. The zero-order valence-corrected chi connectivity index (χ0v) is 7.53. The van der Waals surface area contributed by atoms with E-state index in [9.17, 15) is 4.57 Å². The maximum absolute atomic E-state index is 10.7. The first-order chi connectivity index (χ1) is 5.54. The molecule has 0 amide bonds. The van der Waals surface area contributed by atoms with Gasteiger partial charge in [-0.05, 0) is 18.6 Å². The molecule has 5 heteroatoms. The first-order valence-corrected chi connectivity index (χ1v) is 5.17. The average molecular weight is 187 g/mol. The molecule has 1 aromatic heterocycles. The second-order valence-corrected chi connectivity index (χ2v) is 3.93. The highest BCUT2D eigenvalue weighted by atomic mass is 31.2. The van der Waals surface area contributed by atoms with Crippen LogP contribution >= 0.6 is 7.60 Å². The van der Waals surface area contributed by atoms with Gasteiger partial charge in [-0.25, -0.2) is 4.98 Å². The lowest BCUT2D eigenvalue weighted by Gasteiger charge is -2.03. The molecule has 0 unspecified atom stereocenters. The van der Waals surface area contributed by atoms with Crippen LogP contribution in [-0.4, -0.2) is 14.8 Å². The van der Waals surface area contributed by atoms with Gasteiger partial charge in [0.15, 0.2) is 5.44 Å². The van der Waals surface area contributed by atoms with Crippen molar-refractivity contribution in [2.75, 3.05) is 0 Å². The lowest BCUT2D eigenvalue weighted by molar-refractivity contribution is 0.386. The van der Waals surface area contributed by atoms with Crippen LogP contribution in [0.15, 0.2) is 18.2 Å². The molecule has 0 aromatic carbocycles. The molecule has 0 spiro atoms. The van der Waals surface area contributed by atoms with E-state index in [0.29, 0.717) is 12.1 Å². The Bertz CT molecular complexity index is 320. The van der Waals surface area contributed by atoms with Crippen molar-refractivity contribution >= 4 is 13.0 Å². The summed E-state index contributed by atoms with van der Waals surface area (Å²) in [7, 11) is -4.17. The minimum absolute atomic E-state index is 0.151. The van der Waals surface area contributed by atoms with Crippen LogP contribution in [0.2, 0.25) is 0 Å². The third kappa shape index (κ3) is 2.14. The predicted octanol–water partition coefficient (Wildman–Crippen LogP) is 0.447. The number of rotatable bonds is 2. The van der Waals surface area contributed by atoms with E-state index < -0.39 is 7.60 Å². The molecule has 1 aromatic rings. The molecule has 0 aliphatic rings. The molecule has 0 saturated carbocycles. The standard InChI is InChI=1S/C7H10NO3P/c1-2-6-4-3-5-7(8-6)12(9,10)11/h3-5H,2H2,1H3,(H2,9,10,11). The Morgan fingerprint density at radius 1 is 1.50 bits per heavy atom. The zero-order valence-electron chi connectivity index (χ0n) is 6.64. The van der Waals surface area contributed by atoms with Crippen molar-refractivity contribution in [1.29, 1.82) is 0 Å². The van der Waals surface area contributed by atoms with Crippen molar-refractivity contribution in [2.45, 2.75) is 13.3 Å². The first-order valence-electron chi connectivity index (χ1n) is 3.56. The molecule has 0 aliphatic heterocycles. The highest BCUT2D eigenvalue weighted by Crippen LogP contribution is 2.31. The summed E-state index contributed by atoms with van der Waals surface area (Å²) >= 11 is 0. The minimum Gasteiger partial charge on any atom is -0.320 e. The van der Waals surface area contributed by atoms with Gasteiger partial charge >= 0.3 is 7.60 Å². The van der Waals surface area contributed by atoms with E-state index in [1.54, 1.807) is 12.1 Å². The maximum atomic E-state index is 10.7. The molecule has 0 fully saturated rings. The van der Waals surface area contributed by atoms with Crippen molar-refractivity contribution in [3.8, 4) is 0 Å². The number of aromatic nitrogens is 1. The van der Waals surface area contributed by atoms with Crippen LogP contribution in [-0.2, 0) is 11.0 Å². The van der Waals surface area contributed by atoms with Gasteiger partial charge in [-0.1, -0.05) is 13.0 Å². The number of hydrogen-bond donors (Lipinski definition) is 2. The van der Waals surface area contributed by atoms with Gasteiger partial charge in [0.1, 0.15) is 0 Å². The fourth-order valence-corrected chi connectivity index (χ4v) is 1.37. The van der Waals surface area contributed by atoms with Gasteiger partial charge < -0.3 is 9.79 Å². The SMILES string of the molecule is CCc1cccc(P(=O)(O)O)n1. The highest BCUT2D eigenvalue weighted by Gasteiger charge is 2.18. The van der Waals surface area contributed by atoms with Gasteiger partial charge in [-0.3, -0.25) is 4.57 Å². The summed E-state index contributed by atoms with van der Waals surface area (Å²) in [6, 6.07) is 4.67. The Morgan fingerprint density at radius 2 is 2.17 bits per heavy atom. The van der Waals surface area contributed by atoms with E-state index in [-0.39, 0.29) is 5.44 Å². The van der Waals surface area contributed by atoms with E-state index in [2.05, 4.69) is 4.98 Å². The summed E-state index contributed by atoms with van der Waals surface area (Å²) in [5.74, 6) is 0. The molecular weight excluding hydrogens is 177 g/mol. The average Bonchev–Trinajstić information content (AvgIpc) is 2.03. The van der Waals surface area contributed by atoms with Crippen molar-refractivity contribution in [1.82, 2.24) is 4.98 Å². The van der Waals surface area contributed by atoms with Crippen LogP contribution in [0, 0.1) is 0 Å². The molecule has 0 saturated heterocycles. The van der Waals surface area contributed by atoms with E-state index in [1.807, 2.05) is 6.92 Å². The number of pyridine rings is 1. The Balaban J connectivity index is 3.11. The number of aryl methyl sites for hydroxylation is 1. The highest BCUT2D eigenvalue weighted by molar-refractivity contribution is 7.60. The van der Waals surface area contributed by atoms with Gasteiger partial charge in [-0.15, -0.1) is 0 Å². The molecule has 4 nitrogen and oxygen atoms in total. The topological polar surface area (TPSA) is 70.4 Å². The Hall–Kier alpha value is -0.700. The van der Waals surface area contributed by atoms with Gasteiger partial charge in [0, 0.05) is 5.69 Å². The second kappa shape index (κ2) is 3.35. The quantitative estimate of drug-likeness (QED) is 0.659. The second-order valence-electron chi connectivity index (χ2n) is 2.38. The molecule has 66 valence electrons. The smallest absolute Gasteiger partial charge is 0.320 e. The van der Waals surface area contributed by atoms with E-state index >= 15 is 0 Å². The summed E-state index contributed by atoms with van der Waals surface area (Å²) in [5, 5.41) is 0. The third-order valence-electron chi connectivity index (χ3n) is 1.45. The first kappa shape index (κ1) is 9.39. The molecule has 1 heterocycles. The minimum atomic E-state index is -4.17. The molecule has 1 rings (SSSR count). The lowest BCUT2D eigenvalue weighted by atomic mass is 10.3. The normalized spacial score (nSPS) is 11.6. The van der Waals surface area contributed by atoms with Gasteiger partial charge in [0.05, 0.1) is 0 Å². The molecule has 0 bridgehead atoms. The predicted molar refractivity (Wildman–Crippen MR) is 45.3 cm³/mol. The summed E-state index contributed by atoms with van der Waals surface area (Å²) in [5.41, 5.74) is 0.540. The summed E-state index contributed by atoms with van der Waals surface area (Å²) in [6.45, 7) is 1.88. The van der Waals surface area contributed by atoms with Crippen LogP contribution < -0.4 is 5.44 Å². The van der Waals surface area contributed by atoms with E-state index in [1.165, 1.54) is 6.07 Å². The molecule has 12 heavy (non-hydrogen) atoms. The fourth-order valence-electron chi connectivity index (χ4n) is 0.826. The largest absolute Gasteiger partial charge is 0.374 e. The van der Waals surface area contributed by atoms with E-state index in [0.717, 1.165) is 0 Å². The van der Waals surface area contributed by atoms with Crippen LogP contribution in [0.25, 0.3) is 0 Å². The molecule has 0 radical (unpaired) electrons. The molecule has 0 aliphatic carbocycles. The van der Waals surface area contributed by atoms with Crippen molar-refractivity contribution in [3.05, 3.63) is 23.9 Å². The third-order valence-corrected chi connectivity index (χ3v) is 2.30. The van der Waals surface area contributed by atoms with Crippen molar-refractivity contribution in [2.24, 2.45) is 0 Å². The summed E-state index contributed by atoms with van der Waals surface area (Å²) < 4.78 is 10.7. The Morgan fingerprint density at radius 3 is 2.67 bits per heavy atom. The summed E-state index contributed by atoms with van der Waals surface area (Å²) in [6.07, 6.45) is 0.674. The van der Waals surface area contributed by atoms with Gasteiger partial charge in [-0.2, -0.15) is 0 Å². The van der Waals surface area contributed by atoms with Crippen LogP contribution in [0.4, 0.5) is 0 Å². The zero-order chi connectivity index (χ0) is 9.19. The molecular formula is C7H10NO3P. The monoisotopic (exact) mass is 187 g/mol. The van der Waals surface area contributed by atoms with Gasteiger partial charge in [0.25, 0.3) is 0 Å². The van der Waals surface area contributed by atoms with Crippen LogP contribution in [0.5, 0.6) is 0 Å². The Labute approximate surface area is 70.4 Å². The molecule has 0 atom stereocenters. The summed E-state index contributed by atoms with van der Waals surface area (Å²) in [4.78, 5) is 21.3. The van der Waals surface area contributed by atoms with Gasteiger partial charge in [0.2, 0.25) is 0 Å². The Kier molecular flexibility index (Phi) is 2.62. The number of hydrogen-bond acceptors (Lipinski definition) is 2. The van der Waals surface area contributed by atoms with Crippen molar-refractivity contribution < 1.29 is 14.4 Å².